The van der Waals surface area contributed by atoms with E-state index in [1.165, 1.54) is 30.7 Å². The van der Waals surface area contributed by atoms with Gasteiger partial charge in [-0.25, -0.2) is 10.4 Å². The predicted octanol–water partition coefficient (Wildman–Crippen LogP) is 6.25. The van der Waals surface area contributed by atoms with Crippen molar-refractivity contribution in [3.63, 3.8) is 0 Å². The Kier molecular flexibility index (Phi) is 14.2. The fourth-order valence-electron chi connectivity index (χ4n) is 14.9. The number of aryl methyl sites for hydroxylation is 1. The van der Waals surface area contributed by atoms with Crippen molar-refractivity contribution in [2.75, 3.05) is 77.5 Å². The summed E-state index contributed by atoms with van der Waals surface area (Å²) >= 11 is 0. The minimum Gasteiger partial charge on any atom is -0.464 e. The molecule has 13 rings (SSSR count). The van der Waals surface area contributed by atoms with Crippen LogP contribution in [0, 0.1) is 22.7 Å². The number of anilines is 1. The molecule has 6 bridgehead atoms. The van der Waals surface area contributed by atoms with Crippen LogP contribution in [0.5, 0.6) is 0 Å². The third-order valence-electron chi connectivity index (χ3n) is 19.7. The summed E-state index contributed by atoms with van der Waals surface area (Å²) in [6, 6.07) is 7.58. The summed E-state index contributed by atoms with van der Waals surface area (Å²) in [6.07, 6.45) is 16.1. The Morgan fingerprint density at radius 2 is 1.73 bits per heavy atom. The summed E-state index contributed by atoms with van der Waals surface area (Å²) in [5, 5.41) is 9.34. The Bertz CT molecular complexity index is 2970. The molecule has 1 aromatic carbocycles. The third kappa shape index (κ3) is 10.5. The highest BCUT2D eigenvalue weighted by Gasteiger charge is 2.55. The van der Waals surface area contributed by atoms with Crippen LogP contribution in [0.25, 0.3) is 33.6 Å². The van der Waals surface area contributed by atoms with Gasteiger partial charge in [-0.2, -0.15) is 0 Å². The Hall–Kier alpha value is -5.40. The van der Waals surface area contributed by atoms with Crippen LogP contribution in [0.4, 0.5) is 5.69 Å². The molecule has 3 aliphatic carbocycles. The zero-order valence-electron chi connectivity index (χ0n) is 47.3. The molecule has 18 heteroatoms. The van der Waals surface area contributed by atoms with Gasteiger partial charge in [0.15, 0.2) is 0 Å². The summed E-state index contributed by atoms with van der Waals surface area (Å²) in [6.45, 7) is 16.7. The highest BCUT2D eigenvalue weighted by molar-refractivity contribution is 5.95. The summed E-state index contributed by atoms with van der Waals surface area (Å²) in [7, 11) is 1.73. The highest BCUT2D eigenvalue weighted by Crippen LogP contribution is 2.46. The summed E-state index contributed by atoms with van der Waals surface area (Å²) in [4.78, 5) is 78.0. The van der Waals surface area contributed by atoms with Crippen molar-refractivity contribution in [3.05, 3.63) is 53.7 Å². The Morgan fingerprint density at radius 1 is 0.937 bits per heavy atom. The average molecular weight is 1080 g/mol. The number of likely N-dealkylation sites (tertiary alicyclic amines) is 2. The van der Waals surface area contributed by atoms with E-state index in [0.717, 1.165) is 142 Å². The van der Waals surface area contributed by atoms with Crippen LogP contribution < -0.4 is 21.0 Å². The quantitative estimate of drug-likeness (QED) is 0.107. The zero-order chi connectivity index (χ0) is 54.3. The molecular formula is C61H83N11O7. The maximum absolute atomic E-state index is 15.2. The van der Waals surface area contributed by atoms with E-state index in [9.17, 15) is 9.59 Å². The van der Waals surface area contributed by atoms with Crippen molar-refractivity contribution in [2.24, 2.45) is 22.7 Å². The molecule has 79 heavy (non-hydrogen) atoms. The van der Waals surface area contributed by atoms with Crippen LogP contribution in [-0.4, -0.2) is 167 Å². The molecule has 4 aromatic rings. The van der Waals surface area contributed by atoms with E-state index in [1.54, 1.807) is 13.4 Å². The number of nitrogens with one attached hydrogen (secondary N) is 3. The molecule has 5 saturated heterocycles. The van der Waals surface area contributed by atoms with E-state index in [0.29, 0.717) is 55.9 Å². The number of ether oxygens (including phenoxy) is 2. The predicted molar refractivity (Wildman–Crippen MR) is 300 cm³/mol. The van der Waals surface area contributed by atoms with Crippen LogP contribution in [-0.2, 0) is 48.0 Å². The van der Waals surface area contributed by atoms with Gasteiger partial charge in [-0.1, -0.05) is 26.7 Å². The first kappa shape index (κ1) is 52.9. The van der Waals surface area contributed by atoms with Gasteiger partial charge in [-0.05, 0) is 133 Å². The zero-order valence-corrected chi connectivity index (χ0v) is 47.3. The van der Waals surface area contributed by atoms with Gasteiger partial charge in [-0.3, -0.25) is 44.3 Å². The topological polar surface area (TPSA) is 193 Å². The number of piperazine rings is 1. The third-order valence-corrected chi connectivity index (χ3v) is 19.7. The molecule has 424 valence electrons. The molecule has 3 amide bonds. The van der Waals surface area contributed by atoms with Gasteiger partial charge in [0, 0.05) is 117 Å². The SMILES string of the molecule is CCn1c(-c2cc(N3CCN(C4CC4)CC3)cnc2[C@H](C)OC)c2c3cc(ccc31)-c1nc(co1)C[C@H](NC(=O)[C@H](C1CCCC1)N1CC[C@]3(CCN(C(=O)[C@@H]4N[C@@H]4C4CC4)C3)C1)C(=O)N1CCC[C@H](N1)C(=O)OCC(C)(C)C2. The molecule has 3 N–H and O–H groups in total. The van der Waals surface area contributed by atoms with Crippen LogP contribution in [0.3, 0.4) is 0 Å². The molecule has 1 spiro atoms. The second kappa shape index (κ2) is 21.2. The number of amides is 3. The van der Waals surface area contributed by atoms with Gasteiger partial charge < -0.3 is 33.6 Å². The Labute approximate surface area is 465 Å². The lowest BCUT2D eigenvalue weighted by atomic mass is 9.84. The molecule has 3 aromatic heterocycles. The molecule has 6 aliphatic heterocycles. The highest BCUT2D eigenvalue weighted by atomic mass is 16.5. The van der Waals surface area contributed by atoms with E-state index in [2.05, 4.69) is 92.2 Å². The number of nitrogens with zero attached hydrogens (tertiary/aromatic N) is 8. The number of hydrogen-bond donors (Lipinski definition) is 3. The van der Waals surface area contributed by atoms with Crippen LogP contribution >= 0.6 is 0 Å². The second-order valence-corrected chi connectivity index (χ2v) is 26.0. The lowest BCUT2D eigenvalue weighted by Gasteiger charge is -2.37. The number of oxazole rings is 1. The summed E-state index contributed by atoms with van der Waals surface area (Å²) in [5.74, 6) is 0.585. The van der Waals surface area contributed by atoms with Gasteiger partial charge in [0.25, 0.3) is 5.91 Å². The van der Waals surface area contributed by atoms with Crippen LogP contribution in [0.1, 0.15) is 128 Å². The molecule has 0 unspecified atom stereocenters. The smallest absolute Gasteiger partial charge is 0.324 e. The van der Waals surface area contributed by atoms with Gasteiger partial charge in [0.05, 0.1) is 47.7 Å². The van der Waals surface area contributed by atoms with Crippen LogP contribution in [0.2, 0.25) is 0 Å². The normalized spacial score (nSPS) is 28.8. The lowest BCUT2D eigenvalue weighted by molar-refractivity contribution is -0.155. The van der Waals surface area contributed by atoms with Gasteiger partial charge in [0.1, 0.15) is 24.4 Å². The van der Waals surface area contributed by atoms with Crippen molar-refractivity contribution < 1.29 is 33.1 Å². The maximum Gasteiger partial charge on any atom is 0.324 e. The average Bonchev–Trinajstić information content (AvgIpc) is 4.54. The van der Waals surface area contributed by atoms with E-state index in [4.69, 9.17) is 23.9 Å². The van der Waals surface area contributed by atoms with E-state index in [-0.39, 0.29) is 54.2 Å². The molecule has 7 atom stereocenters. The number of methoxy groups -OCH3 is 1. The monoisotopic (exact) mass is 1080 g/mol. The Morgan fingerprint density at radius 3 is 2.49 bits per heavy atom. The molecular weight excluding hydrogens is 999 g/mol. The number of rotatable bonds is 12. The molecule has 0 radical (unpaired) electrons. The first-order valence-corrected chi connectivity index (χ1v) is 30.2. The number of fused-ring (bicyclic) bond motifs is 6. The Balaban J connectivity index is 0.822. The van der Waals surface area contributed by atoms with Crippen molar-refractivity contribution in [1.82, 2.24) is 50.3 Å². The number of hydrogen-bond acceptors (Lipinski definition) is 14. The van der Waals surface area contributed by atoms with Crippen LogP contribution in [0.15, 0.2) is 41.1 Å². The summed E-state index contributed by atoms with van der Waals surface area (Å²) < 4.78 is 21.1. The minimum atomic E-state index is -0.999. The van der Waals surface area contributed by atoms with Gasteiger partial charge >= 0.3 is 5.97 Å². The molecule has 18 nitrogen and oxygen atoms in total. The second-order valence-electron chi connectivity index (χ2n) is 26.0. The number of esters is 1. The number of carbonyl (C=O) groups is 4. The maximum atomic E-state index is 15.2. The fraction of sp³-hybridized carbons (Fsp3) is 0.672. The number of carbonyl (C=O) groups excluding carboxylic acids is 4. The largest absolute Gasteiger partial charge is 0.464 e. The number of hydrazine groups is 1. The van der Waals surface area contributed by atoms with Gasteiger partial charge in [-0.15, -0.1) is 0 Å². The van der Waals surface area contributed by atoms with E-state index in [1.807, 2.05) is 6.20 Å². The van der Waals surface area contributed by atoms with Crippen molar-refractivity contribution >= 4 is 40.3 Å². The van der Waals surface area contributed by atoms with Crippen molar-refractivity contribution in [3.8, 4) is 22.7 Å². The van der Waals surface area contributed by atoms with Crippen molar-refractivity contribution in [2.45, 2.75) is 166 Å². The van der Waals surface area contributed by atoms with Gasteiger partial charge in [0.2, 0.25) is 17.7 Å². The standard InChI is InChI=1S/C61H83N11O7/c1-6-71-49-18-15-40-28-44(49)46(54(71)45-30-43(32-62-50(45)37(2)77-5)68-26-24-67(25-27-68)42-16-17-42)31-60(3,4)36-79-59(76)47-12-9-21-72(66-47)57(74)48(29-41-33-78-56(40)63-41)64-55(73)53(39-10-7-8-11-39)69-22-19-61(34-69)20-23-70(35-61)58(75)52-51(65-52)38-13-14-38/h15,18,28,30,32-33,37-39,42,47-48,51-53,65-66H,6-14,16-17,19-27,29,31,34-36H2,1-5H3,(H,64,73)/t37-,47-,48-,51+,52+,53-,61-/m0/s1. The number of benzene rings is 1. The molecule has 3 saturated carbocycles. The summed E-state index contributed by atoms with van der Waals surface area (Å²) in [5.41, 5.74) is 10.2. The minimum absolute atomic E-state index is 0.0341. The number of aromatic nitrogens is 3. The number of cyclic esters (lactones) is 1. The number of pyridine rings is 1. The first-order valence-electron chi connectivity index (χ1n) is 30.2. The van der Waals surface area contributed by atoms with E-state index < -0.39 is 29.5 Å². The van der Waals surface area contributed by atoms with Crippen molar-refractivity contribution in [1.29, 1.82) is 0 Å². The van der Waals surface area contributed by atoms with E-state index >= 15 is 9.59 Å². The fourth-order valence-corrected chi connectivity index (χ4v) is 14.9. The first-order chi connectivity index (χ1) is 38.3. The lowest BCUT2D eigenvalue weighted by Crippen LogP contribution is -2.62. The molecule has 8 fully saturated rings. The molecule has 9 heterocycles. The molecule has 9 aliphatic rings.